The van der Waals surface area contributed by atoms with Crippen LogP contribution in [0.5, 0.6) is 0 Å². The van der Waals surface area contributed by atoms with E-state index in [4.69, 9.17) is 5.73 Å². The summed E-state index contributed by atoms with van der Waals surface area (Å²) in [6.07, 6.45) is 0. The molecule has 1 atom stereocenters. The van der Waals surface area contributed by atoms with Gasteiger partial charge in [0.1, 0.15) is 0 Å². The normalized spacial score (nSPS) is 19.9. The fourth-order valence-electron chi connectivity index (χ4n) is 2.80. The molecule has 2 rings (SSSR count). The second-order valence-corrected chi connectivity index (χ2v) is 5.13. The Morgan fingerprint density at radius 2 is 1.94 bits per heavy atom. The lowest BCUT2D eigenvalue weighted by Gasteiger charge is -2.36. The number of amides is 1. The Bertz CT molecular complexity index is 447. The molecule has 18 heavy (non-hydrogen) atoms. The van der Waals surface area contributed by atoms with Gasteiger partial charge in [-0.15, -0.1) is 0 Å². The summed E-state index contributed by atoms with van der Waals surface area (Å²) in [6, 6.07) is 4.37. The average Bonchev–Trinajstić information content (AvgIpc) is 2.26. The van der Waals surface area contributed by atoms with Gasteiger partial charge in [-0.1, -0.05) is 17.7 Å². The molecule has 1 aliphatic heterocycles. The van der Waals surface area contributed by atoms with E-state index in [2.05, 4.69) is 43.1 Å². The summed E-state index contributed by atoms with van der Waals surface area (Å²) >= 11 is 0. The molecule has 1 aliphatic rings. The zero-order valence-corrected chi connectivity index (χ0v) is 11.3. The lowest BCUT2D eigenvalue weighted by atomic mass is 10.0. The molecule has 1 amide bonds. The standard InChI is InChI=1S/C14H21N3O/c1-9-4-10(2)14(11(3)5-9)17-7-12(6-15)16-13(18)8-17/h4-5,12H,6-8,15H2,1-3H3,(H,16,18). The predicted molar refractivity (Wildman–Crippen MR) is 73.9 cm³/mol. The third kappa shape index (κ3) is 2.48. The van der Waals surface area contributed by atoms with Gasteiger partial charge in [0.2, 0.25) is 5.91 Å². The van der Waals surface area contributed by atoms with Crippen molar-refractivity contribution < 1.29 is 4.79 Å². The van der Waals surface area contributed by atoms with E-state index in [-0.39, 0.29) is 11.9 Å². The second kappa shape index (κ2) is 4.98. The Hall–Kier alpha value is -1.55. The van der Waals surface area contributed by atoms with E-state index in [1.807, 2.05) is 0 Å². The van der Waals surface area contributed by atoms with Gasteiger partial charge in [-0.05, 0) is 31.9 Å². The van der Waals surface area contributed by atoms with Crippen LogP contribution in [-0.4, -0.2) is 31.6 Å². The number of rotatable bonds is 2. The summed E-state index contributed by atoms with van der Waals surface area (Å²) in [7, 11) is 0. The molecule has 1 saturated heterocycles. The summed E-state index contributed by atoms with van der Waals surface area (Å²) in [5.74, 6) is 0.0519. The molecule has 98 valence electrons. The smallest absolute Gasteiger partial charge is 0.239 e. The van der Waals surface area contributed by atoms with Crippen LogP contribution in [0.1, 0.15) is 16.7 Å². The summed E-state index contributed by atoms with van der Waals surface area (Å²) < 4.78 is 0. The molecule has 1 heterocycles. The number of piperazine rings is 1. The minimum absolute atomic E-state index is 0.0475. The number of carbonyl (C=O) groups is 1. The number of aryl methyl sites for hydroxylation is 3. The van der Waals surface area contributed by atoms with Crippen LogP contribution in [0, 0.1) is 20.8 Å². The van der Waals surface area contributed by atoms with Crippen molar-refractivity contribution in [3.8, 4) is 0 Å². The molecule has 0 saturated carbocycles. The lowest BCUT2D eigenvalue weighted by molar-refractivity contribution is -0.121. The van der Waals surface area contributed by atoms with E-state index in [0.29, 0.717) is 13.1 Å². The van der Waals surface area contributed by atoms with E-state index in [1.165, 1.54) is 22.4 Å². The Labute approximate surface area is 108 Å². The highest BCUT2D eigenvalue weighted by Crippen LogP contribution is 2.27. The molecule has 1 aromatic carbocycles. The number of nitrogens with one attached hydrogen (secondary N) is 1. The van der Waals surface area contributed by atoms with Gasteiger partial charge in [-0.3, -0.25) is 4.79 Å². The number of nitrogens with two attached hydrogens (primary N) is 1. The third-order valence-corrected chi connectivity index (χ3v) is 3.38. The number of anilines is 1. The Balaban J connectivity index is 2.33. The first-order chi connectivity index (χ1) is 8.51. The first kappa shape index (κ1) is 12.9. The fourth-order valence-corrected chi connectivity index (χ4v) is 2.80. The first-order valence-electron chi connectivity index (χ1n) is 6.33. The molecule has 1 aromatic rings. The second-order valence-electron chi connectivity index (χ2n) is 5.13. The molecule has 1 fully saturated rings. The highest BCUT2D eigenvalue weighted by Gasteiger charge is 2.25. The minimum atomic E-state index is 0.0475. The Morgan fingerprint density at radius 1 is 1.33 bits per heavy atom. The fraction of sp³-hybridized carbons (Fsp3) is 0.500. The summed E-state index contributed by atoms with van der Waals surface area (Å²) in [4.78, 5) is 13.8. The number of benzene rings is 1. The van der Waals surface area contributed by atoms with Crippen molar-refractivity contribution >= 4 is 11.6 Å². The molecule has 4 nitrogen and oxygen atoms in total. The van der Waals surface area contributed by atoms with Crippen LogP contribution in [0.15, 0.2) is 12.1 Å². The van der Waals surface area contributed by atoms with Crippen LogP contribution in [0.4, 0.5) is 5.69 Å². The Morgan fingerprint density at radius 3 is 2.50 bits per heavy atom. The predicted octanol–water partition coefficient (Wildman–Crippen LogP) is 0.875. The molecule has 0 bridgehead atoms. The summed E-state index contributed by atoms with van der Waals surface area (Å²) in [5, 5.41) is 2.91. The molecule has 0 aliphatic carbocycles. The molecule has 1 unspecified atom stereocenters. The van der Waals surface area contributed by atoms with Crippen molar-refractivity contribution in [1.29, 1.82) is 0 Å². The van der Waals surface area contributed by atoms with Gasteiger partial charge >= 0.3 is 0 Å². The van der Waals surface area contributed by atoms with Crippen LogP contribution in [-0.2, 0) is 4.79 Å². The van der Waals surface area contributed by atoms with E-state index < -0.39 is 0 Å². The van der Waals surface area contributed by atoms with Crippen LogP contribution < -0.4 is 16.0 Å². The van der Waals surface area contributed by atoms with Crippen LogP contribution in [0.3, 0.4) is 0 Å². The maximum Gasteiger partial charge on any atom is 0.239 e. The molecule has 3 N–H and O–H groups in total. The maximum atomic E-state index is 11.7. The van der Waals surface area contributed by atoms with Crippen molar-refractivity contribution in [2.24, 2.45) is 5.73 Å². The number of carbonyl (C=O) groups excluding carboxylic acids is 1. The largest absolute Gasteiger partial charge is 0.360 e. The molecular formula is C14H21N3O. The van der Waals surface area contributed by atoms with Gasteiger partial charge < -0.3 is 16.0 Å². The van der Waals surface area contributed by atoms with Crippen LogP contribution in [0.2, 0.25) is 0 Å². The first-order valence-corrected chi connectivity index (χ1v) is 6.33. The van der Waals surface area contributed by atoms with Gasteiger partial charge in [0.25, 0.3) is 0 Å². The molecule has 0 spiro atoms. The third-order valence-electron chi connectivity index (χ3n) is 3.38. The van der Waals surface area contributed by atoms with Crippen molar-refractivity contribution in [1.82, 2.24) is 5.32 Å². The van der Waals surface area contributed by atoms with Crippen molar-refractivity contribution in [2.75, 3.05) is 24.5 Å². The summed E-state index contributed by atoms with van der Waals surface area (Å²) in [6.45, 7) is 7.97. The van der Waals surface area contributed by atoms with Crippen LogP contribution in [0.25, 0.3) is 0 Å². The highest BCUT2D eigenvalue weighted by molar-refractivity contribution is 5.84. The zero-order valence-electron chi connectivity index (χ0n) is 11.3. The van der Waals surface area contributed by atoms with Crippen molar-refractivity contribution in [3.05, 3.63) is 28.8 Å². The Kier molecular flexibility index (Phi) is 3.57. The van der Waals surface area contributed by atoms with Crippen LogP contribution >= 0.6 is 0 Å². The molecule has 0 radical (unpaired) electrons. The van der Waals surface area contributed by atoms with Crippen molar-refractivity contribution in [2.45, 2.75) is 26.8 Å². The van der Waals surface area contributed by atoms with E-state index in [1.54, 1.807) is 0 Å². The van der Waals surface area contributed by atoms with E-state index in [0.717, 1.165) is 6.54 Å². The maximum absolute atomic E-state index is 11.7. The average molecular weight is 247 g/mol. The SMILES string of the molecule is Cc1cc(C)c(N2CC(=O)NC(CN)C2)c(C)c1. The summed E-state index contributed by atoms with van der Waals surface area (Å²) in [5.41, 5.74) is 10.5. The number of nitrogens with zero attached hydrogens (tertiary/aromatic N) is 1. The van der Waals surface area contributed by atoms with Gasteiger partial charge in [0.05, 0.1) is 12.6 Å². The van der Waals surface area contributed by atoms with Gasteiger partial charge in [0.15, 0.2) is 0 Å². The monoisotopic (exact) mass is 247 g/mol. The van der Waals surface area contributed by atoms with E-state index in [9.17, 15) is 4.79 Å². The molecule has 0 aromatic heterocycles. The highest BCUT2D eigenvalue weighted by atomic mass is 16.2. The van der Waals surface area contributed by atoms with Crippen molar-refractivity contribution in [3.63, 3.8) is 0 Å². The topological polar surface area (TPSA) is 58.4 Å². The van der Waals surface area contributed by atoms with Gasteiger partial charge in [0, 0.05) is 18.8 Å². The van der Waals surface area contributed by atoms with Gasteiger partial charge in [-0.25, -0.2) is 0 Å². The van der Waals surface area contributed by atoms with E-state index >= 15 is 0 Å². The quantitative estimate of drug-likeness (QED) is 0.815. The minimum Gasteiger partial charge on any atom is -0.360 e. The number of hydrogen-bond donors (Lipinski definition) is 2. The zero-order chi connectivity index (χ0) is 13.3. The van der Waals surface area contributed by atoms with Gasteiger partial charge in [-0.2, -0.15) is 0 Å². The molecular weight excluding hydrogens is 226 g/mol. The lowest BCUT2D eigenvalue weighted by Crippen LogP contribution is -2.57. The molecule has 4 heteroatoms. The number of hydrogen-bond acceptors (Lipinski definition) is 3.